The van der Waals surface area contributed by atoms with Crippen LogP contribution in [0.5, 0.6) is 5.75 Å². The molecule has 0 saturated heterocycles. The van der Waals surface area contributed by atoms with E-state index in [1.807, 2.05) is 24.3 Å². The van der Waals surface area contributed by atoms with Gasteiger partial charge in [0.25, 0.3) is 0 Å². The third-order valence-corrected chi connectivity index (χ3v) is 4.19. The fourth-order valence-electron chi connectivity index (χ4n) is 2.31. The molecule has 0 spiro atoms. The predicted octanol–water partition coefficient (Wildman–Crippen LogP) is 3.76. The number of carbonyl (C=O) groups is 2. The van der Waals surface area contributed by atoms with Crippen molar-refractivity contribution in [3.05, 3.63) is 42.5 Å². The Kier molecular flexibility index (Phi) is 3.43. The Morgan fingerprint density at radius 2 is 1.71 bits per heavy atom. The van der Waals surface area contributed by atoms with Gasteiger partial charge in [0.05, 0.1) is 11.4 Å². The molecule has 3 rings (SSSR count). The van der Waals surface area contributed by atoms with Gasteiger partial charge in [-0.25, -0.2) is 0 Å². The van der Waals surface area contributed by atoms with Gasteiger partial charge in [0.1, 0.15) is 5.75 Å². The maximum absolute atomic E-state index is 12.0. The Labute approximate surface area is 126 Å². The molecule has 0 fully saturated rings. The van der Waals surface area contributed by atoms with Crippen molar-refractivity contribution < 1.29 is 14.3 Å². The first-order valence-corrected chi connectivity index (χ1v) is 7.28. The first-order valence-electron chi connectivity index (χ1n) is 6.46. The number of fused-ring (bicyclic) bond motifs is 2. The van der Waals surface area contributed by atoms with E-state index in [1.54, 1.807) is 34.9 Å². The van der Waals surface area contributed by atoms with Crippen molar-refractivity contribution in [1.82, 2.24) is 0 Å². The van der Waals surface area contributed by atoms with Crippen LogP contribution in [0.2, 0.25) is 0 Å². The van der Waals surface area contributed by atoms with Crippen LogP contribution >= 0.6 is 11.8 Å². The molecule has 0 unspecified atom stereocenters. The van der Waals surface area contributed by atoms with Gasteiger partial charge in [0.15, 0.2) is 0 Å². The number of carbonyl (C=O) groups excluding carboxylic acids is 2. The van der Waals surface area contributed by atoms with Gasteiger partial charge in [-0.2, -0.15) is 0 Å². The van der Waals surface area contributed by atoms with Crippen molar-refractivity contribution >= 4 is 35.0 Å². The maximum atomic E-state index is 12.0. The average molecular weight is 299 g/mol. The molecule has 1 heterocycles. The van der Waals surface area contributed by atoms with E-state index in [0.29, 0.717) is 5.75 Å². The fourth-order valence-corrected chi connectivity index (χ4v) is 3.39. The molecule has 0 aromatic heterocycles. The number of rotatable bonds is 1. The average Bonchev–Trinajstić information content (AvgIpc) is 2.43. The lowest BCUT2D eigenvalue weighted by Gasteiger charge is -2.30. The molecule has 0 N–H and O–H groups in total. The van der Waals surface area contributed by atoms with Crippen LogP contribution in [0.4, 0.5) is 11.4 Å². The zero-order chi connectivity index (χ0) is 15.0. The number of esters is 1. The second kappa shape index (κ2) is 5.26. The summed E-state index contributed by atoms with van der Waals surface area (Å²) >= 11 is 1.56. The summed E-state index contributed by atoms with van der Waals surface area (Å²) in [5, 5.41) is 0. The zero-order valence-electron chi connectivity index (χ0n) is 11.6. The van der Waals surface area contributed by atoms with Gasteiger partial charge in [0.2, 0.25) is 5.91 Å². The molecule has 21 heavy (non-hydrogen) atoms. The maximum Gasteiger partial charge on any atom is 0.308 e. The summed E-state index contributed by atoms with van der Waals surface area (Å²) in [7, 11) is 0. The van der Waals surface area contributed by atoms with E-state index in [1.165, 1.54) is 13.8 Å². The molecular weight excluding hydrogens is 286 g/mol. The van der Waals surface area contributed by atoms with E-state index in [9.17, 15) is 9.59 Å². The Balaban J connectivity index is 2.10. The Morgan fingerprint density at radius 3 is 2.43 bits per heavy atom. The number of hydrogen-bond donors (Lipinski definition) is 0. The summed E-state index contributed by atoms with van der Waals surface area (Å²) < 4.78 is 5.11. The highest BCUT2D eigenvalue weighted by Gasteiger charge is 2.26. The minimum absolute atomic E-state index is 0.0516. The number of benzene rings is 2. The van der Waals surface area contributed by atoms with Gasteiger partial charge in [-0.15, -0.1) is 0 Å². The monoisotopic (exact) mass is 299 g/mol. The Hall–Kier alpha value is -2.27. The van der Waals surface area contributed by atoms with Crippen LogP contribution in [-0.4, -0.2) is 11.9 Å². The van der Waals surface area contributed by atoms with Gasteiger partial charge in [-0.1, -0.05) is 23.9 Å². The highest BCUT2D eigenvalue weighted by molar-refractivity contribution is 7.99. The van der Waals surface area contributed by atoms with E-state index in [-0.39, 0.29) is 11.9 Å². The molecular formula is C16H13NO3S. The van der Waals surface area contributed by atoms with Gasteiger partial charge in [-0.05, 0) is 30.3 Å². The number of hydrogen-bond acceptors (Lipinski definition) is 4. The van der Waals surface area contributed by atoms with E-state index in [2.05, 4.69) is 0 Å². The number of ether oxygens (including phenoxy) is 1. The second-order valence-corrected chi connectivity index (χ2v) is 5.73. The predicted molar refractivity (Wildman–Crippen MR) is 81.1 cm³/mol. The van der Waals surface area contributed by atoms with Crippen LogP contribution in [0.3, 0.4) is 0 Å². The van der Waals surface area contributed by atoms with Crippen LogP contribution in [0, 0.1) is 0 Å². The van der Waals surface area contributed by atoms with Crippen LogP contribution < -0.4 is 9.64 Å². The summed E-state index contributed by atoms with van der Waals surface area (Å²) in [5.41, 5.74) is 1.69. The molecule has 0 saturated carbocycles. The minimum Gasteiger partial charge on any atom is -0.427 e. The summed E-state index contributed by atoms with van der Waals surface area (Å²) in [4.78, 5) is 26.6. The molecule has 0 atom stereocenters. The normalized spacial score (nSPS) is 12.4. The molecule has 1 aliphatic heterocycles. The highest BCUT2D eigenvalue weighted by Crippen LogP contribution is 2.49. The van der Waals surface area contributed by atoms with Crippen molar-refractivity contribution in [2.24, 2.45) is 0 Å². The standard InChI is InChI=1S/C16H13NO3S/c1-10(18)17-13-5-3-4-6-15(13)21-16-9-12(20-11(2)19)7-8-14(16)17/h3-9H,1-2H3. The molecule has 1 aliphatic rings. The van der Waals surface area contributed by atoms with E-state index >= 15 is 0 Å². The molecule has 5 heteroatoms. The summed E-state index contributed by atoms with van der Waals surface area (Å²) in [6, 6.07) is 13.0. The van der Waals surface area contributed by atoms with Crippen molar-refractivity contribution in [3.8, 4) is 5.75 Å². The van der Waals surface area contributed by atoms with Crippen LogP contribution in [0.25, 0.3) is 0 Å². The first kappa shape index (κ1) is 13.7. The van der Waals surface area contributed by atoms with E-state index in [4.69, 9.17) is 4.74 Å². The lowest BCUT2D eigenvalue weighted by atomic mass is 10.2. The second-order valence-electron chi connectivity index (χ2n) is 4.65. The summed E-state index contributed by atoms with van der Waals surface area (Å²) in [6.45, 7) is 2.90. The SMILES string of the molecule is CC(=O)Oc1ccc2c(c1)Sc1ccccc1N2C(C)=O. The largest absolute Gasteiger partial charge is 0.427 e. The molecule has 0 radical (unpaired) electrons. The molecule has 0 bridgehead atoms. The summed E-state index contributed by atoms with van der Waals surface area (Å²) in [5.74, 6) is 0.0699. The fraction of sp³-hybridized carbons (Fsp3) is 0.125. The van der Waals surface area contributed by atoms with E-state index in [0.717, 1.165) is 21.2 Å². The smallest absolute Gasteiger partial charge is 0.308 e. The van der Waals surface area contributed by atoms with Gasteiger partial charge in [-0.3, -0.25) is 14.5 Å². The topological polar surface area (TPSA) is 46.6 Å². The molecule has 1 amide bonds. The van der Waals surface area contributed by atoms with Gasteiger partial charge >= 0.3 is 5.97 Å². The van der Waals surface area contributed by atoms with Crippen molar-refractivity contribution in [3.63, 3.8) is 0 Å². The summed E-state index contributed by atoms with van der Waals surface area (Å²) in [6.07, 6.45) is 0. The molecule has 2 aromatic rings. The van der Waals surface area contributed by atoms with Crippen LogP contribution in [0.1, 0.15) is 13.8 Å². The molecule has 2 aromatic carbocycles. The minimum atomic E-state index is -0.361. The van der Waals surface area contributed by atoms with Crippen molar-refractivity contribution in [2.45, 2.75) is 23.6 Å². The number of amides is 1. The van der Waals surface area contributed by atoms with Gasteiger partial charge in [0, 0.05) is 23.6 Å². The number of nitrogens with zero attached hydrogens (tertiary/aromatic N) is 1. The lowest BCUT2D eigenvalue weighted by Crippen LogP contribution is -2.25. The van der Waals surface area contributed by atoms with Crippen molar-refractivity contribution in [1.29, 1.82) is 0 Å². The zero-order valence-corrected chi connectivity index (χ0v) is 12.4. The van der Waals surface area contributed by atoms with Gasteiger partial charge < -0.3 is 4.74 Å². The van der Waals surface area contributed by atoms with E-state index < -0.39 is 0 Å². The van der Waals surface area contributed by atoms with Crippen LogP contribution in [-0.2, 0) is 9.59 Å². The van der Waals surface area contributed by atoms with Crippen molar-refractivity contribution in [2.75, 3.05) is 4.90 Å². The first-order chi connectivity index (χ1) is 10.1. The van der Waals surface area contributed by atoms with Crippen LogP contribution in [0.15, 0.2) is 52.3 Å². The number of anilines is 2. The molecule has 4 nitrogen and oxygen atoms in total. The lowest BCUT2D eigenvalue weighted by molar-refractivity contribution is -0.131. The number of para-hydroxylation sites is 1. The quantitative estimate of drug-likeness (QED) is 0.594. The third-order valence-electron chi connectivity index (χ3n) is 3.07. The molecule has 0 aliphatic carbocycles. The third kappa shape index (κ3) is 2.52. The molecule has 106 valence electrons. The Morgan fingerprint density at radius 1 is 1.00 bits per heavy atom. The Bertz CT molecular complexity index is 742. The highest BCUT2D eigenvalue weighted by atomic mass is 32.2.